The molecule has 1 aliphatic carbocycles. The molecule has 0 bridgehead atoms. The highest BCUT2D eigenvalue weighted by Crippen LogP contribution is 2.29. The van der Waals surface area contributed by atoms with E-state index in [4.69, 9.17) is 0 Å². The van der Waals surface area contributed by atoms with E-state index in [0.717, 1.165) is 10.4 Å². The maximum Gasteiger partial charge on any atom is 0.349 e. The Morgan fingerprint density at radius 1 is 1.50 bits per heavy atom. The number of thioether (sulfide) groups is 1. The van der Waals surface area contributed by atoms with Crippen LogP contribution in [0.3, 0.4) is 0 Å². The van der Waals surface area contributed by atoms with E-state index < -0.39 is 0 Å². The van der Waals surface area contributed by atoms with E-state index >= 15 is 0 Å². The molecule has 1 saturated carbocycles. The molecule has 0 saturated heterocycles. The van der Waals surface area contributed by atoms with Crippen molar-refractivity contribution in [1.82, 2.24) is 4.98 Å². The number of thiazole rings is 1. The van der Waals surface area contributed by atoms with Gasteiger partial charge in [0.05, 0.1) is 13.3 Å². The molecule has 2 rings (SSSR count). The monoisotopic (exact) mass is 286 g/mol. The maximum absolute atomic E-state index is 11.3. The van der Waals surface area contributed by atoms with Crippen molar-refractivity contribution < 1.29 is 9.53 Å². The summed E-state index contributed by atoms with van der Waals surface area (Å²) >= 11 is 3.33. The summed E-state index contributed by atoms with van der Waals surface area (Å²) in [5, 5.41) is 5.05. The predicted molar refractivity (Wildman–Crippen MR) is 76.6 cm³/mol. The van der Waals surface area contributed by atoms with Crippen molar-refractivity contribution in [2.75, 3.05) is 18.7 Å². The van der Waals surface area contributed by atoms with Crippen molar-refractivity contribution in [3.8, 4) is 0 Å². The van der Waals surface area contributed by atoms with Crippen molar-refractivity contribution in [1.29, 1.82) is 0 Å². The van der Waals surface area contributed by atoms with E-state index in [1.54, 1.807) is 6.20 Å². The van der Waals surface area contributed by atoms with Gasteiger partial charge in [-0.2, -0.15) is 11.8 Å². The van der Waals surface area contributed by atoms with Gasteiger partial charge in [-0.25, -0.2) is 9.78 Å². The van der Waals surface area contributed by atoms with E-state index in [9.17, 15) is 4.79 Å². The minimum absolute atomic E-state index is 0.313. The summed E-state index contributed by atoms with van der Waals surface area (Å²) in [7, 11) is 1.39. The van der Waals surface area contributed by atoms with Crippen LogP contribution in [-0.2, 0) is 4.74 Å². The summed E-state index contributed by atoms with van der Waals surface area (Å²) in [6.07, 6.45) is 8.63. The fourth-order valence-corrected chi connectivity index (χ4v) is 3.71. The third kappa shape index (κ3) is 3.38. The Morgan fingerprint density at radius 3 is 2.83 bits per heavy atom. The summed E-state index contributed by atoms with van der Waals surface area (Å²) in [4.78, 5) is 16.1. The molecule has 1 aliphatic rings. The first-order valence-corrected chi connectivity index (χ1v) is 8.17. The zero-order chi connectivity index (χ0) is 13.0. The van der Waals surface area contributed by atoms with E-state index in [0.29, 0.717) is 10.9 Å². The van der Waals surface area contributed by atoms with E-state index in [1.165, 1.54) is 44.1 Å². The fourth-order valence-electron chi connectivity index (χ4n) is 2.15. The van der Waals surface area contributed by atoms with Crippen molar-refractivity contribution in [2.24, 2.45) is 0 Å². The molecule has 18 heavy (non-hydrogen) atoms. The van der Waals surface area contributed by atoms with Gasteiger partial charge in [-0.05, 0) is 31.9 Å². The average Bonchev–Trinajstić information content (AvgIpc) is 2.87. The number of hydrogen-bond acceptors (Lipinski definition) is 6. The van der Waals surface area contributed by atoms with Crippen LogP contribution in [-0.4, -0.2) is 35.6 Å². The Labute approximate surface area is 116 Å². The first kappa shape index (κ1) is 13.7. The predicted octanol–water partition coefficient (Wildman–Crippen LogP) is 3.02. The summed E-state index contributed by atoms with van der Waals surface area (Å²) in [6, 6.07) is 0.491. The fraction of sp³-hybridized carbons (Fsp3) is 0.667. The molecule has 0 radical (unpaired) electrons. The number of hydrogen-bond donors (Lipinski definition) is 1. The topological polar surface area (TPSA) is 51.2 Å². The summed E-state index contributed by atoms with van der Waals surface area (Å²) in [6.45, 7) is 0. The molecule has 0 unspecified atom stereocenters. The van der Waals surface area contributed by atoms with Crippen LogP contribution in [0.15, 0.2) is 6.20 Å². The highest BCUT2D eigenvalue weighted by molar-refractivity contribution is 7.99. The minimum Gasteiger partial charge on any atom is -0.465 e. The van der Waals surface area contributed by atoms with Gasteiger partial charge in [-0.3, -0.25) is 0 Å². The maximum atomic E-state index is 11.3. The molecule has 0 amide bonds. The van der Waals surface area contributed by atoms with Gasteiger partial charge in [-0.15, -0.1) is 0 Å². The lowest BCUT2D eigenvalue weighted by molar-refractivity contribution is 0.0606. The van der Waals surface area contributed by atoms with Crippen LogP contribution in [0, 0.1) is 0 Å². The van der Waals surface area contributed by atoms with Gasteiger partial charge in [0.25, 0.3) is 0 Å². The van der Waals surface area contributed by atoms with E-state index in [-0.39, 0.29) is 5.97 Å². The molecule has 100 valence electrons. The zero-order valence-electron chi connectivity index (χ0n) is 10.6. The summed E-state index contributed by atoms with van der Waals surface area (Å²) in [5.41, 5.74) is 0. The number of methoxy groups -OCH3 is 1. The lowest BCUT2D eigenvalue weighted by Crippen LogP contribution is -2.26. The smallest absolute Gasteiger partial charge is 0.349 e. The molecule has 1 heterocycles. The van der Waals surface area contributed by atoms with Crippen LogP contribution in [0.4, 0.5) is 5.13 Å². The number of esters is 1. The second kappa shape index (κ2) is 6.43. The van der Waals surface area contributed by atoms with Crippen molar-refractivity contribution >= 4 is 34.2 Å². The largest absolute Gasteiger partial charge is 0.465 e. The number of anilines is 1. The quantitative estimate of drug-likeness (QED) is 0.862. The molecule has 1 aromatic heterocycles. The van der Waals surface area contributed by atoms with Crippen molar-refractivity contribution in [3.05, 3.63) is 11.1 Å². The standard InChI is InChI=1S/C12H18N2O2S2/c1-16-11(15)10-7-13-12(18-10)14-8-3-5-9(17-2)6-4-8/h7-9H,3-6H2,1-2H3,(H,13,14). The van der Waals surface area contributed by atoms with Gasteiger partial charge in [0.1, 0.15) is 4.88 Å². The average molecular weight is 286 g/mol. The van der Waals surface area contributed by atoms with Gasteiger partial charge >= 0.3 is 5.97 Å². The van der Waals surface area contributed by atoms with Crippen LogP contribution >= 0.6 is 23.1 Å². The Morgan fingerprint density at radius 2 is 2.22 bits per heavy atom. The Bertz CT molecular complexity index is 401. The van der Waals surface area contributed by atoms with Gasteiger partial charge in [0.15, 0.2) is 5.13 Å². The van der Waals surface area contributed by atoms with Crippen LogP contribution < -0.4 is 5.32 Å². The molecule has 4 nitrogen and oxygen atoms in total. The lowest BCUT2D eigenvalue weighted by Gasteiger charge is -2.27. The number of nitrogens with one attached hydrogen (secondary N) is 1. The summed E-state index contributed by atoms with van der Waals surface area (Å²) < 4.78 is 4.67. The van der Waals surface area contributed by atoms with Crippen LogP contribution in [0.1, 0.15) is 35.4 Å². The van der Waals surface area contributed by atoms with Crippen LogP contribution in [0.5, 0.6) is 0 Å². The number of rotatable bonds is 4. The van der Waals surface area contributed by atoms with Crippen molar-refractivity contribution in [2.45, 2.75) is 37.0 Å². The molecule has 1 N–H and O–H groups in total. The molecular weight excluding hydrogens is 268 g/mol. The molecule has 1 fully saturated rings. The minimum atomic E-state index is -0.313. The third-order valence-electron chi connectivity index (χ3n) is 3.23. The molecular formula is C12H18N2O2S2. The lowest BCUT2D eigenvalue weighted by atomic mass is 9.95. The Balaban J connectivity index is 1.86. The number of carbonyl (C=O) groups is 1. The Kier molecular flexibility index (Phi) is 4.88. The number of nitrogens with zero attached hydrogens (tertiary/aromatic N) is 1. The molecule has 0 aliphatic heterocycles. The van der Waals surface area contributed by atoms with Gasteiger partial charge in [-0.1, -0.05) is 11.3 Å². The molecule has 6 heteroatoms. The van der Waals surface area contributed by atoms with Gasteiger partial charge < -0.3 is 10.1 Å². The second-order valence-corrected chi connectivity index (χ2v) is 6.54. The Hall–Kier alpha value is -0.750. The molecule has 0 aromatic carbocycles. The normalized spacial score (nSPS) is 23.7. The van der Waals surface area contributed by atoms with Crippen LogP contribution in [0.2, 0.25) is 0 Å². The number of aromatic nitrogens is 1. The molecule has 0 spiro atoms. The first-order valence-electron chi connectivity index (χ1n) is 6.06. The number of ether oxygens (including phenoxy) is 1. The van der Waals surface area contributed by atoms with E-state index in [2.05, 4.69) is 21.3 Å². The highest BCUT2D eigenvalue weighted by atomic mass is 32.2. The first-order chi connectivity index (χ1) is 8.72. The third-order valence-corrected chi connectivity index (χ3v) is 5.27. The second-order valence-electron chi connectivity index (χ2n) is 4.37. The van der Waals surface area contributed by atoms with Crippen molar-refractivity contribution in [3.63, 3.8) is 0 Å². The zero-order valence-corrected chi connectivity index (χ0v) is 12.3. The van der Waals surface area contributed by atoms with Gasteiger partial charge in [0, 0.05) is 11.3 Å². The number of carbonyl (C=O) groups excluding carboxylic acids is 1. The summed E-state index contributed by atoms with van der Waals surface area (Å²) in [5.74, 6) is -0.313. The van der Waals surface area contributed by atoms with Crippen LogP contribution in [0.25, 0.3) is 0 Å². The van der Waals surface area contributed by atoms with Gasteiger partial charge in [0.2, 0.25) is 0 Å². The molecule has 1 aromatic rings. The highest BCUT2D eigenvalue weighted by Gasteiger charge is 2.21. The SMILES string of the molecule is COC(=O)c1cnc(NC2CCC(SC)CC2)s1. The van der Waals surface area contributed by atoms with E-state index in [1.807, 2.05) is 11.8 Å². The molecule has 0 atom stereocenters.